The molecule has 0 saturated carbocycles. The van der Waals surface area contributed by atoms with Gasteiger partial charge in [0.05, 0.1) is 6.10 Å². The molecule has 5 nitrogen and oxygen atoms in total. The lowest BCUT2D eigenvalue weighted by molar-refractivity contribution is 0.0914. The molecule has 0 spiro atoms. The summed E-state index contributed by atoms with van der Waals surface area (Å²) in [6, 6.07) is 19.6. The SMILES string of the molecule is CN=C(NCC1CCOC1c1ccccc1)N(C)Cc1ccc(N2CCCCC2)cc1. The van der Waals surface area contributed by atoms with Crippen molar-refractivity contribution in [2.24, 2.45) is 10.9 Å². The second kappa shape index (κ2) is 10.7. The van der Waals surface area contributed by atoms with Crippen LogP contribution < -0.4 is 10.2 Å². The Morgan fingerprint density at radius 2 is 1.81 bits per heavy atom. The maximum atomic E-state index is 6.04. The van der Waals surface area contributed by atoms with Gasteiger partial charge in [0.15, 0.2) is 5.96 Å². The number of nitrogens with one attached hydrogen (secondary N) is 1. The summed E-state index contributed by atoms with van der Waals surface area (Å²) in [7, 11) is 3.96. The minimum absolute atomic E-state index is 0.166. The molecule has 166 valence electrons. The summed E-state index contributed by atoms with van der Waals surface area (Å²) in [5.74, 6) is 1.38. The first-order valence-electron chi connectivity index (χ1n) is 11.7. The molecule has 0 bridgehead atoms. The van der Waals surface area contributed by atoms with Gasteiger partial charge < -0.3 is 19.9 Å². The molecule has 0 radical (unpaired) electrons. The summed E-state index contributed by atoms with van der Waals surface area (Å²) < 4.78 is 6.04. The zero-order chi connectivity index (χ0) is 21.5. The number of guanidine groups is 1. The Morgan fingerprint density at radius 1 is 1.06 bits per heavy atom. The highest BCUT2D eigenvalue weighted by Gasteiger charge is 2.29. The summed E-state index contributed by atoms with van der Waals surface area (Å²) in [5.41, 5.74) is 3.92. The van der Waals surface area contributed by atoms with Crippen LogP contribution in [0.25, 0.3) is 0 Å². The minimum atomic E-state index is 0.166. The zero-order valence-electron chi connectivity index (χ0n) is 19.0. The third kappa shape index (κ3) is 5.59. The van der Waals surface area contributed by atoms with E-state index in [4.69, 9.17) is 4.74 Å². The van der Waals surface area contributed by atoms with E-state index in [1.54, 1.807) is 0 Å². The van der Waals surface area contributed by atoms with Crippen molar-refractivity contribution in [3.63, 3.8) is 0 Å². The molecule has 2 aliphatic rings. The van der Waals surface area contributed by atoms with E-state index in [1.807, 2.05) is 7.05 Å². The highest BCUT2D eigenvalue weighted by atomic mass is 16.5. The van der Waals surface area contributed by atoms with Gasteiger partial charge in [-0.3, -0.25) is 4.99 Å². The van der Waals surface area contributed by atoms with E-state index >= 15 is 0 Å². The Kier molecular flexibility index (Phi) is 7.47. The molecule has 2 aliphatic heterocycles. The smallest absolute Gasteiger partial charge is 0.193 e. The van der Waals surface area contributed by atoms with Gasteiger partial charge in [-0.25, -0.2) is 0 Å². The Bertz CT molecular complexity index is 830. The average Bonchev–Trinajstić information content (AvgIpc) is 3.30. The number of anilines is 1. The van der Waals surface area contributed by atoms with Gasteiger partial charge in [-0.15, -0.1) is 0 Å². The lowest BCUT2D eigenvalue weighted by Gasteiger charge is -2.29. The Labute approximate surface area is 187 Å². The summed E-state index contributed by atoms with van der Waals surface area (Å²) >= 11 is 0. The highest BCUT2D eigenvalue weighted by molar-refractivity contribution is 5.79. The second-order valence-corrected chi connectivity index (χ2v) is 8.75. The van der Waals surface area contributed by atoms with Gasteiger partial charge in [0.1, 0.15) is 0 Å². The van der Waals surface area contributed by atoms with E-state index in [0.29, 0.717) is 5.92 Å². The van der Waals surface area contributed by atoms with Crippen LogP contribution in [0, 0.1) is 5.92 Å². The van der Waals surface area contributed by atoms with Crippen LogP contribution in [-0.2, 0) is 11.3 Å². The Hall–Kier alpha value is -2.53. The number of benzene rings is 2. The molecule has 1 N–H and O–H groups in total. The van der Waals surface area contributed by atoms with E-state index in [1.165, 1.54) is 49.2 Å². The predicted molar refractivity (Wildman–Crippen MR) is 129 cm³/mol. The number of ether oxygens (including phenoxy) is 1. The van der Waals surface area contributed by atoms with Crippen molar-refractivity contribution in [1.29, 1.82) is 0 Å². The Balaban J connectivity index is 1.30. The van der Waals surface area contributed by atoms with Gasteiger partial charge in [0.2, 0.25) is 0 Å². The van der Waals surface area contributed by atoms with E-state index in [9.17, 15) is 0 Å². The molecule has 2 atom stereocenters. The van der Waals surface area contributed by atoms with E-state index in [-0.39, 0.29) is 6.10 Å². The third-order valence-electron chi connectivity index (χ3n) is 6.52. The third-order valence-corrected chi connectivity index (χ3v) is 6.52. The van der Waals surface area contributed by atoms with Crippen LogP contribution in [0.2, 0.25) is 0 Å². The summed E-state index contributed by atoms with van der Waals surface area (Å²) in [5, 5.41) is 3.58. The van der Waals surface area contributed by atoms with Crippen molar-refractivity contribution in [2.45, 2.75) is 38.3 Å². The summed E-state index contributed by atoms with van der Waals surface area (Å²) in [6.07, 6.45) is 5.22. The first kappa shape index (κ1) is 21.7. The summed E-state index contributed by atoms with van der Waals surface area (Å²) in [6.45, 7) is 4.90. The van der Waals surface area contributed by atoms with E-state index in [0.717, 1.165) is 32.1 Å². The second-order valence-electron chi connectivity index (χ2n) is 8.75. The molecule has 2 aromatic rings. The van der Waals surface area contributed by atoms with Gasteiger partial charge in [0.25, 0.3) is 0 Å². The number of rotatable bonds is 6. The summed E-state index contributed by atoms with van der Waals surface area (Å²) in [4.78, 5) is 9.22. The molecule has 2 heterocycles. The highest BCUT2D eigenvalue weighted by Crippen LogP contribution is 2.33. The monoisotopic (exact) mass is 420 g/mol. The van der Waals surface area contributed by atoms with Crippen LogP contribution in [0.5, 0.6) is 0 Å². The van der Waals surface area contributed by atoms with Crippen LogP contribution in [-0.4, -0.2) is 51.2 Å². The lowest BCUT2D eigenvalue weighted by atomic mass is 9.95. The van der Waals surface area contributed by atoms with Gasteiger partial charge in [0, 0.05) is 58.5 Å². The number of hydrogen-bond acceptors (Lipinski definition) is 3. The van der Waals surface area contributed by atoms with Crippen LogP contribution >= 0.6 is 0 Å². The number of nitrogens with zero attached hydrogens (tertiary/aromatic N) is 3. The molecule has 2 fully saturated rings. The Morgan fingerprint density at radius 3 is 2.52 bits per heavy atom. The van der Waals surface area contributed by atoms with Crippen LogP contribution in [0.4, 0.5) is 5.69 Å². The molecule has 5 heteroatoms. The predicted octanol–water partition coefficient (Wildman–Crippen LogP) is 4.46. The van der Waals surface area contributed by atoms with Gasteiger partial charge in [-0.1, -0.05) is 42.5 Å². The molecule has 0 aromatic heterocycles. The average molecular weight is 421 g/mol. The molecule has 2 saturated heterocycles. The molecule has 0 aliphatic carbocycles. The first-order chi connectivity index (χ1) is 15.2. The zero-order valence-corrected chi connectivity index (χ0v) is 19.0. The van der Waals surface area contributed by atoms with Crippen molar-refractivity contribution in [3.05, 3.63) is 65.7 Å². The molecule has 2 unspecified atom stereocenters. The molecular weight excluding hydrogens is 384 g/mol. The van der Waals surface area contributed by atoms with E-state index < -0.39 is 0 Å². The topological polar surface area (TPSA) is 40.1 Å². The lowest BCUT2D eigenvalue weighted by Crippen LogP contribution is -2.41. The van der Waals surface area contributed by atoms with Crippen LogP contribution in [0.1, 0.15) is 42.9 Å². The molecule has 0 amide bonds. The fraction of sp³-hybridized carbons (Fsp3) is 0.500. The maximum Gasteiger partial charge on any atom is 0.193 e. The van der Waals surface area contributed by atoms with Crippen molar-refractivity contribution in [3.8, 4) is 0 Å². The van der Waals surface area contributed by atoms with Gasteiger partial charge in [-0.05, 0) is 48.9 Å². The van der Waals surface area contributed by atoms with E-state index in [2.05, 4.69) is 81.8 Å². The fourth-order valence-electron chi connectivity index (χ4n) is 4.77. The normalized spacial score (nSPS) is 21.9. The van der Waals surface area contributed by atoms with Crippen molar-refractivity contribution >= 4 is 11.6 Å². The fourth-order valence-corrected chi connectivity index (χ4v) is 4.77. The van der Waals surface area contributed by atoms with Crippen molar-refractivity contribution in [2.75, 3.05) is 45.2 Å². The molecular formula is C26H36N4O. The van der Waals surface area contributed by atoms with Crippen molar-refractivity contribution in [1.82, 2.24) is 10.2 Å². The quantitative estimate of drug-likeness (QED) is 0.553. The number of hydrogen-bond donors (Lipinski definition) is 1. The van der Waals surface area contributed by atoms with Gasteiger partial charge >= 0.3 is 0 Å². The number of piperidine rings is 1. The van der Waals surface area contributed by atoms with Gasteiger partial charge in [-0.2, -0.15) is 0 Å². The largest absolute Gasteiger partial charge is 0.373 e. The first-order valence-corrected chi connectivity index (χ1v) is 11.7. The minimum Gasteiger partial charge on any atom is -0.373 e. The van der Waals surface area contributed by atoms with Crippen LogP contribution in [0.3, 0.4) is 0 Å². The molecule has 4 rings (SSSR count). The molecule has 2 aromatic carbocycles. The number of aliphatic imine (C=N–C) groups is 1. The standard InChI is InChI=1S/C26H36N4O/c1-27-26(28-19-23-15-18-31-25(23)22-9-5-3-6-10-22)29(2)20-21-11-13-24(14-12-21)30-16-7-4-8-17-30/h3,5-6,9-14,23,25H,4,7-8,15-20H2,1-2H3,(H,27,28). The molecule has 31 heavy (non-hydrogen) atoms. The van der Waals surface area contributed by atoms with Crippen LogP contribution in [0.15, 0.2) is 59.6 Å². The van der Waals surface area contributed by atoms with Crippen molar-refractivity contribution < 1.29 is 4.74 Å². The maximum absolute atomic E-state index is 6.04.